The number of methoxy groups -OCH3 is 2. The molecule has 5 nitrogen and oxygen atoms in total. The molecule has 0 saturated heterocycles. The maximum Gasteiger partial charge on any atom is 0.264 e. The van der Waals surface area contributed by atoms with Crippen molar-refractivity contribution >= 4 is 10.1 Å². The fraction of sp³-hybridized carbons (Fsp3) is 0.333. The molecule has 2 aromatic carbocycles. The second-order valence-electron chi connectivity index (χ2n) is 5.51. The van der Waals surface area contributed by atoms with Crippen LogP contribution in [0.3, 0.4) is 0 Å². The van der Waals surface area contributed by atoms with Crippen LogP contribution >= 0.6 is 0 Å². The molecule has 6 heteroatoms. The van der Waals surface area contributed by atoms with Gasteiger partial charge in [0, 0.05) is 5.92 Å². The first-order valence-electron chi connectivity index (χ1n) is 7.52. The van der Waals surface area contributed by atoms with E-state index in [1.165, 1.54) is 0 Å². The van der Waals surface area contributed by atoms with Gasteiger partial charge in [-0.25, -0.2) is 0 Å². The number of hydrogen-bond donors (Lipinski definition) is 0. The summed E-state index contributed by atoms with van der Waals surface area (Å²) in [6, 6.07) is 15.3. The van der Waals surface area contributed by atoms with Crippen molar-refractivity contribution in [2.45, 2.75) is 12.3 Å². The van der Waals surface area contributed by atoms with Gasteiger partial charge in [-0.05, 0) is 41.8 Å². The van der Waals surface area contributed by atoms with E-state index in [1.807, 2.05) is 48.5 Å². The summed E-state index contributed by atoms with van der Waals surface area (Å²) >= 11 is 0. The van der Waals surface area contributed by atoms with Gasteiger partial charge in [0.2, 0.25) is 0 Å². The molecule has 0 radical (unpaired) electrons. The topological polar surface area (TPSA) is 61.8 Å². The minimum atomic E-state index is -3.49. The molecule has 0 N–H and O–H groups in total. The lowest BCUT2D eigenvalue weighted by molar-refractivity contribution is 0.293. The third kappa shape index (κ3) is 5.54. The molecule has 0 aliphatic carbocycles. The van der Waals surface area contributed by atoms with E-state index in [0.717, 1.165) is 28.9 Å². The zero-order valence-corrected chi connectivity index (χ0v) is 14.9. The Morgan fingerprint density at radius 3 is 1.83 bits per heavy atom. The summed E-state index contributed by atoms with van der Waals surface area (Å²) in [7, 11) is -0.260. The molecular weight excluding hydrogens is 328 g/mol. The van der Waals surface area contributed by atoms with E-state index in [2.05, 4.69) is 0 Å². The molecule has 0 bridgehead atoms. The van der Waals surface area contributed by atoms with E-state index in [9.17, 15) is 8.42 Å². The third-order valence-electron chi connectivity index (χ3n) is 3.71. The predicted molar refractivity (Wildman–Crippen MR) is 93.2 cm³/mol. The van der Waals surface area contributed by atoms with Crippen LogP contribution in [0.2, 0.25) is 0 Å². The Labute approximate surface area is 143 Å². The molecule has 130 valence electrons. The summed E-state index contributed by atoms with van der Waals surface area (Å²) in [5, 5.41) is 0. The summed E-state index contributed by atoms with van der Waals surface area (Å²) in [5.74, 6) is 1.46. The molecule has 0 amide bonds. The van der Waals surface area contributed by atoms with Crippen molar-refractivity contribution in [1.82, 2.24) is 0 Å². The quantitative estimate of drug-likeness (QED) is 0.685. The van der Waals surface area contributed by atoms with Crippen LogP contribution in [0.5, 0.6) is 11.5 Å². The summed E-state index contributed by atoms with van der Waals surface area (Å²) in [5.41, 5.74) is 2.07. The van der Waals surface area contributed by atoms with Gasteiger partial charge >= 0.3 is 0 Å². The van der Waals surface area contributed by atoms with Crippen LogP contribution in [0.4, 0.5) is 0 Å². The van der Waals surface area contributed by atoms with Crippen LogP contribution in [0.25, 0.3) is 0 Å². The Morgan fingerprint density at radius 1 is 0.875 bits per heavy atom. The lowest BCUT2D eigenvalue weighted by Gasteiger charge is -2.17. The molecule has 0 aliphatic rings. The molecule has 0 spiro atoms. The predicted octanol–water partition coefficient (Wildman–Crippen LogP) is 3.01. The highest BCUT2D eigenvalue weighted by Gasteiger charge is 2.16. The highest BCUT2D eigenvalue weighted by atomic mass is 32.2. The Morgan fingerprint density at radius 2 is 1.38 bits per heavy atom. The van der Waals surface area contributed by atoms with Gasteiger partial charge in [0.15, 0.2) is 0 Å². The normalized spacial score (nSPS) is 12.6. The third-order valence-corrected chi connectivity index (χ3v) is 4.28. The lowest BCUT2D eigenvalue weighted by atomic mass is 9.92. The van der Waals surface area contributed by atoms with E-state index < -0.39 is 10.1 Å². The maximum absolute atomic E-state index is 11.3. The molecule has 2 aromatic rings. The van der Waals surface area contributed by atoms with Crippen LogP contribution in [0.15, 0.2) is 48.5 Å². The first-order valence-corrected chi connectivity index (χ1v) is 9.34. The molecule has 0 aliphatic heterocycles. The fourth-order valence-electron chi connectivity index (χ4n) is 2.40. The minimum Gasteiger partial charge on any atom is -0.497 e. The van der Waals surface area contributed by atoms with Gasteiger partial charge in [-0.3, -0.25) is 4.18 Å². The number of rotatable bonds is 8. The molecule has 0 aromatic heterocycles. The van der Waals surface area contributed by atoms with Crippen LogP contribution in [0.1, 0.15) is 17.0 Å². The molecular formula is C18H22O5S. The highest BCUT2D eigenvalue weighted by Crippen LogP contribution is 2.25. The van der Waals surface area contributed by atoms with Crippen LogP contribution < -0.4 is 9.47 Å². The molecule has 1 atom stereocenters. The second-order valence-corrected chi connectivity index (χ2v) is 7.15. The highest BCUT2D eigenvalue weighted by molar-refractivity contribution is 7.85. The molecule has 2 rings (SSSR count). The van der Waals surface area contributed by atoms with Crippen molar-refractivity contribution in [3.8, 4) is 11.5 Å². The van der Waals surface area contributed by atoms with Crippen molar-refractivity contribution in [2.75, 3.05) is 27.1 Å². The van der Waals surface area contributed by atoms with Crippen molar-refractivity contribution in [2.24, 2.45) is 0 Å². The van der Waals surface area contributed by atoms with Crippen molar-refractivity contribution in [3.63, 3.8) is 0 Å². The van der Waals surface area contributed by atoms with E-state index >= 15 is 0 Å². The second kappa shape index (κ2) is 8.17. The van der Waals surface area contributed by atoms with E-state index in [1.54, 1.807) is 14.2 Å². The first kappa shape index (κ1) is 18.3. The van der Waals surface area contributed by atoms with E-state index in [0.29, 0.717) is 6.42 Å². The summed E-state index contributed by atoms with van der Waals surface area (Å²) in [6.07, 6.45) is 1.72. The SMILES string of the molecule is COc1ccc(CC(COS(C)(=O)=O)c2ccc(OC)cc2)cc1. The fourth-order valence-corrected chi connectivity index (χ4v) is 2.81. The summed E-state index contributed by atoms with van der Waals surface area (Å²) < 4.78 is 38.0. The average Bonchev–Trinajstić information content (AvgIpc) is 2.58. The zero-order valence-electron chi connectivity index (χ0n) is 14.1. The van der Waals surface area contributed by atoms with Crippen molar-refractivity contribution in [1.29, 1.82) is 0 Å². The van der Waals surface area contributed by atoms with Gasteiger partial charge in [-0.15, -0.1) is 0 Å². The largest absolute Gasteiger partial charge is 0.497 e. The van der Waals surface area contributed by atoms with Gasteiger partial charge in [-0.2, -0.15) is 8.42 Å². The molecule has 0 saturated carbocycles. The monoisotopic (exact) mass is 350 g/mol. The maximum atomic E-state index is 11.3. The number of hydrogen-bond acceptors (Lipinski definition) is 5. The summed E-state index contributed by atoms with van der Waals surface area (Å²) in [4.78, 5) is 0. The zero-order chi connectivity index (χ0) is 17.6. The van der Waals surface area contributed by atoms with E-state index in [-0.39, 0.29) is 12.5 Å². The smallest absolute Gasteiger partial charge is 0.264 e. The number of benzene rings is 2. The Hall–Kier alpha value is -2.05. The number of ether oxygens (including phenoxy) is 2. The molecule has 0 fully saturated rings. The molecule has 1 unspecified atom stereocenters. The average molecular weight is 350 g/mol. The van der Waals surface area contributed by atoms with Crippen LogP contribution in [-0.4, -0.2) is 35.5 Å². The standard InChI is InChI=1S/C18H22O5S/c1-21-17-8-4-14(5-9-17)12-16(13-23-24(3,19)20)15-6-10-18(22-2)11-7-15/h4-11,16H,12-13H2,1-3H3. The Balaban J connectivity index is 2.19. The molecule has 24 heavy (non-hydrogen) atoms. The lowest BCUT2D eigenvalue weighted by Crippen LogP contribution is -2.14. The van der Waals surface area contributed by atoms with Gasteiger partial charge < -0.3 is 9.47 Å². The molecule has 0 heterocycles. The van der Waals surface area contributed by atoms with Gasteiger partial charge in [0.25, 0.3) is 10.1 Å². The van der Waals surface area contributed by atoms with E-state index in [4.69, 9.17) is 13.7 Å². The van der Waals surface area contributed by atoms with Gasteiger partial charge in [0.1, 0.15) is 11.5 Å². The van der Waals surface area contributed by atoms with Gasteiger partial charge in [0.05, 0.1) is 27.1 Å². The van der Waals surface area contributed by atoms with Crippen molar-refractivity contribution < 1.29 is 22.1 Å². The minimum absolute atomic E-state index is 0.0842. The van der Waals surface area contributed by atoms with Crippen molar-refractivity contribution in [3.05, 3.63) is 59.7 Å². The van der Waals surface area contributed by atoms with Crippen LogP contribution in [0, 0.1) is 0 Å². The Bertz CT molecular complexity index is 736. The van der Waals surface area contributed by atoms with Crippen LogP contribution in [-0.2, 0) is 20.7 Å². The Kier molecular flexibility index (Phi) is 6.23. The first-order chi connectivity index (χ1) is 11.4. The summed E-state index contributed by atoms with van der Waals surface area (Å²) in [6.45, 7) is 0.0944. The van der Waals surface area contributed by atoms with Gasteiger partial charge in [-0.1, -0.05) is 24.3 Å².